The normalized spacial score (nSPS) is 24.3. The monoisotopic (exact) mass is 371 g/mol. The van der Waals surface area contributed by atoms with Gasteiger partial charge in [0, 0.05) is 36.0 Å². The van der Waals surface area contributed by atoms with Gasteiger partial charge >= 0.3 is 0 Å². The third kappa shape index (κ3) is 2.39. The third-order valence-corrected chi connectivity index (χ3v) is 8.39. The summed E-state index contributed by atoms with van der Waals surface area (Å²) in [6, 6.07) is 11.7. The molecule has 1 saturated heterocycles. The van der Waals surface area contributed by atoms with E-state index in [1.807, 2.05) is 24.3 Å². The molecule has 0 spiro atoms. The molecule has 1 fully saturated rings. The Labute approximate surface area is 150 Å². The van der Waals surface area contributed by atoms with Gasteiger partial charge in [0.05, 0.1) is 22.7 Å². The lowest BCUT2D eigenvalue weighted by Gasteiger charge is -2.16. The van der Waals surface area contributed by atoms with Gasteiger partial charge in [0.1, 0.15) is 0 Å². The van der Waals surface area contributed by atoms with Crippen LogP contribution in [-0.4, -0.2) is 31.7 Å². The van der Waals surface area contributed by atoms with Crippen molar-refractivity contribution in [3.8, 4) is 11.1 Å². The highest BCUT2D eigenvalue weighted by atomic mass is 32.2. The van der Waals surface area contributed by atoms with Gasteiger partial charge in [-0.1, -0.05) is 12.1 Å². The number of rotatable bonds is 3. The highest BCUT2D eigenvalue weighted by Gasteiger charge is 2.50. The lowest BCUT2D eigenvalue weighted by molar-refractivity contribution is 0.328. The third-order valence-electron chi connectivity index (χ3n) is 5.27. The molecule has 6 heteroatoms. The fourth-order valence-corrected chi connectivity index (χ4v) is 7.03. The van der Waals surface area contributed by atoms with Gasteiger partial charge in [0.15, 0.2) is 9.84 Å². The van der Waals surface area contributed by atoms with Gasteiger partial charge in [-0.15, -0.1) is 11.3 Å². The summed E-state index contributed by atoms with van der Waals surface area (Å²) in [4.78, 5) is 4.07. The lowest BCUT2D eigenvalue weighted by Crippen LogP contribution is -2.25. The molecule has 5 rings (SSSR count). The van der Waals surface area contributed by atoms with Crippen LogP contribution in [0.1, 0.15) is 16.4 Å². The molecule has 0 N–H and O–H groups in total. The van der Waals surface area contributed by atoms with Crippen LogP contribution in [0, 0.1) is 0 Å². The van der Waals surface area contributed by atoms with E-state index in [4.69, 9.17) is 4.42 Å². The molecule has 128 valence electrons. The summed E-state index contributed by atoms with van der Waals surface area (Å²) < 4.78 is 31.1. The van der Waals surface area contributed by atoms with Crippen molar-refractivity contribution in [1.29, 1.82) is 0 Å². The zero-order chi connectivity index (χ0) is 17.0. The van der Waals surface area contributed by atoms with Gasteiger partial charge in [-0.05, 0) is 40.8 Å². The summed E-state index contributed by atoms with van der Waals surface area (Å²) in [5.74, 6) is 0.0619. The predicted octanol–water partition coefficient (Wildman–Crippen LogP) is 3.76. The van der Waals surface area contributed by atoms with Gasteiger partial charge < -0.3 is 4.42 Å². The number of benzene rings is 1. The van der Waals surface area contributed by atoms with Crippen LogP contribution < -0.4 is 0 Å². The fourth-order valence-electron chi connectivity index (χ4n) is 4.09. The molecule has 0 bridgehead atoms. The Balaban J connectivity index is 1.51. The number of fused-ring (bicyclic) bond motifs is 3. The Morgan fingerprint density at radius 1 is 1.16 bits per heavy atom. The van der Waals surface area contributed by atoms with E-state index in [1.54, 1.807) is 29.9 Å². The Kier molecular flexibility index (Phi) is 3.42. The highest BCUT2D eigenvalue weighted by molar-refractivity contribution is 7.92. The number of furan rings is 1. The second kappa shape index (κ2) is 5.56. The van der Waals surface area contributed by atoms with E-state index in [-0.39, 0.29) is 11.2 Å². The van der Waals surface area contributed by atoms with Crippen LogP contribution in [-0.2, 0) is 16.4 Å². The molecular weight excluding hydrogens is 354 g/mol. The fraction of sp³-hybridized carbons (Fsp3) is 0.263. The zero-order valence-corrected chi connectivity index (χ0v) is 15.1. The molecule has 2 aliphatic heterocycles. The molecule has 0 unspecified atom stereocenters. The van der Waals surface area contributed by atoms with Crippen LogP contribution in [0.5, 0.6) is 0 Å². The van der Waals surface area contributed by atoms with E-state index in [2.05, 4.69) is 16.3 Å². The molecule has 4 heterocycles. The molecule has 25 heavy (non-hydrogen) atoms. The van der Waals surface area contributed by atoms with Crippen LogP contribution >= 0.6 is 11.3 Å². The largest absolute Gasteiger partial charge is 0.472 e. The minimum Gasteiger partial charge on any atom is -0.472 e. The van der Waals surface area contributed by atoms with Crippen molar-refractivity contribution >= 4 is 21.2 Å². The standard InChI is InChI=1S/C19H17NO3S2/c21-25(22)18-4-3-13(14-5-6-23-12-14)8-16(18)17-10-20(11-19(17)25)9-15-2-1-7-24-15/h1-8,12,17,19H,9-11H2/t17-,19+/m1/s1. The minimum atomic E-state index is -3.24. The van der Waals surface area contributed by atoms with Gasteiger partial charge in [0.2, 0.25) is 0 Å². The lowest BCUT2D eigenvalue weighted by atomic mass is 9.95. The second-order valence-electron chi connectivity index (χ2n) is 6.73. The first-order valence-corrected chi connectivity index (χ1v) is 10.7. The molecule has 0 aliphatic carbocycles. The topological polar surface area (TPSA) is 50.5 Å². The van der Waals surface area contributed by atoms with Crippen LogP contribution in [0.2, 0.25) is 0 Å². The predicted molar refractivity (Wildman–Crippen MR) is 97.5 cm³/mol. The van der Waals surface area contributed by atoms with Crippen molar-refractivity contribution in [3.63, 3.8) is 0 Å². The Morgan fingerprint density at radius 3 is 2.84 bits per heavy atom. The van der Waals surface area contributed by atoms with E-state index in [1.165, 1.54) is 4.88 Å². The summed E-state index contributed by atoms with van der Waals surface area (Å²) >= 11 is 1.72. The summed E-state index contributed by atoms with van der Waals surface area (Å²) in [5.41, 5.74) is 2.97. The van der Waals surface area contributed by atoms with Crippen LogP contribution in [0.3, 0.4) is 0 Å². The maximum Gasteiger partial charge on any atom is 0.183 e. The average Bonchev–Trinajstić information content (AvgIpc) is 3.37. The van der Waals surface area contributed by atoms with Crippen molar-refractivity contribution in [2.24, 2.45) is 0 Å². The molecule has 0 saturated carbocycles. The number of hydrogen-bond donors (Lipinski definition) is 0. The number of nitrogens with zero attached hydrogens (tertiary/aromatic N) is 1. The summed E-state index contributed by atoms with van der Waals surface area (Å²) in [7, 11) is -3.24. The molecule has 4 nitrogen and oxygen atoms in total. The summed E-state index contributed by atoms with van der Waals surface area (Å²) in [6.07, 6.45) is 3.33. The first-order valence-electron chi connectivity index (χ1n) is 8.28. The Hall–Kier alpha value is -1.89. The second-order valence-corrected chi connectivity index (χ2v) is 9.90. The van der Waals surface area contributed by atoms with E-state index >= 15 is 0 Å². The molecule has 2 aliphatic rings. The van der Waals surface area contributed by atoms with Crippen molar-refractivity contribution in [3.05, 3.63) is 64.7 Å². The molecule has 3 aromatic rings. The number of likely N-dealkylation sites (tertiary alicyclic amines) is 1. The minimum absolute atomic E-state index is 0.0619. The first-order chi connectivity index (χ1) is 12.1. The van der Waals surface area contributed by atoms with E-state index < -0.39 is 9.84 Å². The Morgan fingerprint density at radius 2 is 2.08 bits per heavy atom. The van der Waals surface area contributed by atoms with Gasteiger partial charge in [-0.25, -0.2) is 8.42 Å². The van der Waals surface area contributed by atoms with Crippen LogP contribution in [0.25, 0.3) is 11.1 Å². The number of thiophene rings is 1. The van der Waals surface area contributed by atoms with Crippen LogP contribution in [0.15, 0.2) is 63.6 Å². The van der Waals surface area contributed by atoms with Crippen molar-refractivity contribution < 1.29 is 12.8 Å². The highest BCUT2D eigenvalue weighted by Crippen LogP contribution is 2.46. The zero-order valence-electron chi connectivity index (χ0n) is 13.5. The molecular formula is C19H17NO3S2. The maximum atomic E-state index is 13.0. The molecule has 1 aromatic carbocycles. The van der Waals surface area contributed by atoms with E-state index in [0.29, 0.717) is 11.4 Å². The van der Waals surface area contributed by atoms with Gasteiger partial charge in [0.25, 0.3) is 0 Å². The number of sulfone groups is 1. The molecule has 2 aromatic heterocycles. The average molecular weight is 371 g/mol. The van der Waals surface area contributed by atoms with Crippen LogP contribution in [0.4, 0.5) is 0 Å². The molecule has 0 radical (unpaired) electrons. The van der Waals surface area contributed by atoms with Crippen molar-refractivity contribution in [2.75, 3.05) is 13.1 Å². The van der Waals surface area contributed by atoms with Crippen molar-refractivity contribution in [1.82, 2.24) is 4.90 Å². The number of hydrogen-bond acceptors (Lipinski definition) is 5. The molecule has 2 atom stereocenters. The maximum absolute atomic E-state index is 13.0. The Bertz CT molecular complexity index is 1010. The first kappa shape index (κ1) is 15.4. The smallest absolute Gasteiger partial charge is 0.183 e. The van der Waals surface area contributed by atoms with Crippen molar-refractivity contribution in [2.45, 2.75) is 22.6 Å². The van der Waals surface area contributed by atoms with Gasteiger partial charge in [-0.3, -0.25) is 4.90 Å². The molecule has 0 amide bonds. The van der Waals surface area contributed by atoms with Gasteiger partial charge in [-0.2, -0.15) is 0 Å². The van der Waals surface area contributed by atoms with E-state index in [9.17, 15) is 8.42 Å². The van der Waals surface area contributed by atoms with E-state index in [0.717, 1.165) is 29.8 Å². The summed E-state index contributed by atoms with van der Waals surface area (Å²) in [5, 5.41) is 1.75. The SMILES string of the molecule is O=S1(=O)c2ccc(-c3ccoc3)cc2[C@H]2CN(Cc3cccs3)C[C@@H]21. The summed E-state index contributed by atoms with van der Waals surface area (Å²) in [6.45, 7) is 2.24. The quantitative estimate of drug-likeness (QED) is 0.703.